The highest BCUT2D eigenvalue weighted by Gasteiger charge is 2.24. The highest BCUT2D eigenvalue weighted by atomic mass is 16.6. The van der Waals surface area contributed by atoms with Gasteiger partial charge in [0.05, 0.1) is 10.4 Å². The summed E-state index contributed by atoms with van der Waals surface area (Å²) < 4.78 is 1.30. The van der Waals surface area contributed by atoms with E-state index in [-0.39, 0.29) is 5.69 Å². The first-order valence-electron chi connectivity index (χ1n) is 7.65. The molecule has 2 aromatic carbocycles. The highest BCUT2D eigenvalue weighted by Crippen LogP contribution is 2.32. The van der Waals surface area contributed by atoms with E-state index >= 15 is 0 Å². The highest BCUT2D eigenvalue weighted by molar-refractivity contribution is 5.97. The summed E-state index contributed by atoms with van der Waals surface area (Å²) in [5.74, 6) is 0. The van der Waals surface area contributed by atoms with Crippen LogP contribution in [0.2, 0.25) is 0 Å². The molecule has 122 valence electrons. The third kappa shape index (κ3) is 2.62. The molecule has 0 atom stereocenters. The number of fused-ring (bicyclic) bond motifs is 1. The van der Waals surface area contributed by atoms with E-state index in [1.165, 1.54) is 17.2 Å². The largest absolute Gasteiger partial charge is 0.357 e. The van der Waals surface area contributed by atoms with Crippen LogP contribution in [0.4, 0.5) is 17.1 Å². The number of aromatic nitrogens is 1. The molecule has 0 spiro atoms. The van der Waals surface area contributed by atoms with Crippen LogP contribution in [0, 0.1) is 10.1 Å². The average Bonchev–Trinajstić information content (AvgIpc) is 2.60. The molecule has 1 aromatic heterocycles. The summed E-state index contributed by atoms with van der Waals surface area (Å²) in [4.78, 5) is 23.3. The van der Waals surface area contributed by atoms with Crippen LogP contribution in [0.15, 0.2) is 53.3 Å². The fraction of sp³-hybridized carbons (Fsp3) is 0.167. The maximum atomic E-state index is 12.4. The van der Waals surface area contributed by atoms with Crippen molar-refractivity contribution in [3.05, 3.63) is 74.6 Å². The Morgan fingerprint density at radius 2 is 1.79 bits per heavy atom. The third-order valence-electron chi connectivity index (χ3n) is 4.09. The van der Waals surface area contributed by atoms with Crippen molar-refractivity contribution in [1.29, 1.82) is 0 Å². The molecule has 1 N–H and O–H groups in total. The summed E-state index contributed by atoms with van der Waals surface area (Å²) in [5, 5.41) is 15.2. The molecule has 3 aromatic rings. The zero-order chi connectivity index (χ0) is 17.3. The van der Waals surface area contributed by atoms with E-state index in [0.717, 1.165) is 6.42 Å². The lowest BCUT2D eigenvalue weighted by molar-refractivity contribution is -0.385. The van der Waals surface area contributed by atoms with Gasteiger partial charge < -0.3 is 9.88 Å². The van der Waals surface area contributed by atoms with Gasteiger partial charge in [-0.15, -0.1) is 0 Å². The number of nitrogens with one attached hydrogen (secondary N) is 1. The van der Waals surface area contributed by atoms with Gasteiger partial charge in [-0.3, -0.25) is 14.9 Å². The topological polar surface area (TPSA) is 77.2 Å². The van der Waals surface area contributed by atoms with Crippen LogP contribution in [0.5, 0.6) is 0 Å². The number of pyridine rings is 1. The summed E-state index contributed by atoms with van der Waals surface area (Å²) in [6.45, 7) is 2.06. The normalized spacial score (nSPS) is 10.8. The van der Waals surface area contributed by atoms with Gasteiger partial charge in [0.25, 0.3) is 0 Å². The lowest BCUT2D eigenvalue weighted by Crippen LogP contribution is -2.21. The number of anilines is 2. The molecule has 3 rings (SSSR count). The number of para-hydroxylation sites is 1. The lowest BCUT2D eigenvalue weighted by Gasteiger charge is -2.13. The third-order valence-corrected chi connectivity index (χ3v) is 4.09. The van der Waals surface area contributed by atoms with Gasteiger partial charge in [-0.1, -0.05) is 37.3 Å². The zero-order valence-corrected chi connectivity index (χ0v) is 13.4. The van der Waals surface area contributed by atoms with Crippen LogP contribution in [0.3, 0.4) is 0 Å². The number of nitrogens with zero attached hydrogens (tertiary/aromatic N) is 2. The number of rotatable bonds is 4. The van der Waals surface area contributed by atoms with E-state index in [1.807, 2.05) is 24.3 Å². The monoisotopic (exact) mass is 323 g/mol. The molecule has 0 fully saturated rings. The molecule has 0 bridgehead atoms. The number of aryl methyl sites for hydroxylation is 2. The van der Waals surface area contributed by atoms with Crippen molar-refractivity contribution in [3.8, 4) is 0 Å². The molecule has 0 saturated heterocycles. The van der Waals surface area contributed by atoms with Crippen LogP contribution < -0.4 is 10.9 Å². The van der Waals surface area contributed by atoms with E-state index in [4.69, 9.17) is 0 Å². The predicted molar refractivity (Wildman–Crippen MR) is 94.9 cm³/mol. The molecule has 6 nitrogen and oxygen atoms in total. The van der Waals surface area contributed by atoms with Crippen LogP contribution in [-0.2, 0) is 13.5 Å². The Hall–Kier alpha value is -3.15. The molecular weight excluding hydrogens is 306 g/mol. The molecule has 0 saturated carbocycles. The lowest BCUT2D eigenvalue weighted by atomic mass is 10.1. The summed E-state index contributed by atoms with van der Waals surface area (Å²) in [6.07, 6.45) is 0.912. The predicted octanol–water partition coefficient (Wildman–Crippen LogP) is 3.75. The Morgan fingerprint density at radius 1 is 1.12 bits per heavy atom. The van der Waals surface area contributed by atoms with Gasteiger partial charge in [0.2, 0.25) is 0 Å². The summed E-state index contributed by atoms with van der Waals surface area (Å²) in [7, 11) is 1.54. The number of hydrogen-bond donors (Lipinski definition) is 1. The van der Waals surface area contributed by atoms with Crippen molar-refractivity contribution in [2.45, 2.75) is 13.3 Å². The molecule has 1 heterocycles. The molecule has 0 amide bonds. The van der Waals surface area contributed by atoms with Crippen molar-refractivity contribution in [2.24, 2.45) is 7.05 Å². The minimum absolute atomic E-state index is 0.225. The van der Waals surface area contributed by atoms with E-state index in [2.05, 4.69) is 12.2 Å². The Labute approximate surface area is 138 Å². The first kappa shape index (κ1) is 15.7. The fourth-order valence-corrected chi connectivity index (χ4v) is 2.74. The van der Waals surface area contributed by atoms with Crippen molar-refractivity contribution in [2.75, 3.05) is 5.32 Å². The Balaban J connectivity index is 2.24. The molecule has 6 heteroatoms. The van der Waals surface area contributed by atoms with Crippen molar-refractivity contribution in [1.82, 2.24) is 4.57 Å². The van der Waals surface area contributed by atoms with E-state index in [9.17, 15) is 14.9 Å². The smallest absolute Gasteiger partial charge is 0.349 e. The summed E-state index contributed by atoms with van der Waals surface area (Å²) in [6, 6.07) is 14.8. The Morgan fingerprint density at radius 3 is 2.42 bits per heavy atom. The van der Waals surface area contributed by atoms with Gasteiger partial charge in [-0.2, -0.15) is 0 Å². The van der Waals surface area contributed by atoms with Crippen LogP contribution in [-0.4, -0.2) is 9.49 Å². The fourth-order valence-electron chi connectivity index (χ4n) is 2.74. The number of benzene rings is 2. The molecule has 24 heavy (non-hydrogen) atoms. The van der Waals surface area contributed by atoms with Gasteiger partial charge in [-0.25, -0.2) is 0 Å². The van der Waals surface area contributed by atoms with E-state index in [1.54, 1.807) is 24.3 Å². The Bertz CT molecular complexity index is 975. The van der Waals surface area contributed by atoms with Crippen LogP contribution >= 0.6 is 0 Å². The molecule has 0 aliphatic heterocycles. The SMILES string of the molecule is CCc1ccc(Nc2c([N+](=O)[O-])c(=O)n(C)c3ccccc23)cc1. The molecule has 0 aliphatic rings. The first-order chi connectivity index (χ1) is 11.5. The van der Waals surface area contributed by atoms with Crippen LogP contribution in [0.25, 0.3) is 10.9 Å². The van der Waals surface area contributed by atoms with Crippen molar-refractivity contribution >= 4 is 28.0 Å². The maximum absolute atomic E-state index is 12.4. The number of nitro groups is 1. The van der Waals surface area contributed by atoms with Gasteiger partial charge in [0.15, 0.2) is 0 Å². The molecular formula is C18H17N3O3. The van der Waals surface area contributed by atoms with Crippen molar-refractivity contribution in [3.63, 3.8) is 0 Å². The van der Waals surface area contributed by atoms with Crippen LogP contribution in [0.1, 0.15) is 12.5 Å². The molecule has 0 radical (unpaired) electrons. The van der Waals surface area contributed by atoms with Crippen molar-refractivity contribution < 1.29 is 4.92 Å². The number of hydrogen-bond acceptors (Lipinski definition) is 4. The second-order valence-electron chi connectivity index (χ2n) is 5.54. The van der Waals surface area contributed by atoms with E-state index < -0.39 is 16.2 Å². The minimum atomic E-state index is -0.633. The minimum Gasteiger partial charge on any atom is -0.349 e. The van der Waals surface area contributed by atoms with Gasteiger partial charge in [-0.05, 0) is 30.2 Å². The molecule has 0 unspecified atom stereocenters. The standard InChI is InChI=1S/C18H17N3O3/c1-3-12-8-10-13(11-9-12)19-16-14-6-4-5-7-15(14)20(2)18(22)17(16)21(23)24/h4-11,19H,3H2,1-2H3. The Kier molecular flexibility index (Phi) is 4.04. The van der Waals surface area contributed by atoms with E-state index in [0.29, 0.717) is 16.6 Å². The summed E-state index contributed by atoms with van der Waals surface area (Å²) in [5.41, 5.74) is 1.66. The maximum Gasteiger partial charge on any atom is 0.357 e. The second-order valence-corrected chi connectivity index (χ2v) is 5.54. The quantitative estimate of drug-likeness (QED) is 0.586. The molecule has 0 aliphatic carbocycles. The average molecular weight is 323 g/mol. The van der Waals surface area contributed by atoms with Gasteiger partial charge >= 0.3 is 11.2 Å². The van der Waals surface area contributed by atoms with Gasteiger partial charge in [0, 0.05) is 18.1 Å². The summed E-state index contributed by atoms with van der Waals surface area (Å²) >= 11 is 0. The van der Waals surface area contributed by atoms with Gasteiger partial charge in [0.1, 0.15) is 5.69 Å². The first-order valence-corrected chi connectivity index (χ1v) is 7.65. The zero-order valence-electron chi connectivity index (χ0n) is 13.4. The second kappa shape index (κ2) is 6.16.